The SMILES string of the molecule is CCOC=C(C(=O)c1ccc(F)c(F)c1N(CC)S(C)(=O)=O)C(=O)C1CC1. The lowest BCUT2D eigenvalue weighted by Crippen LogP contribution is -2.32. The summed E-state index contributed by atoms with van der Waals surface area (Å²) in [6, 6.07) is 1.70. The van der Waals surface area contributed by atoms with Crippen LogP contribution in [0.3, 0.4) is 0 Å². The Bertz CT molecular complexity index is 891. The van der Waals surface area contributed by atoms with Gasteiger partial charge in [0.25, 0.3) is 0 Å². The summed E-state index contributed by atoms with van der Waals surface area (Å²) in [4.78, 5) is 25.4. The Hall–Kier alpha value is -2.29. The van der Waals surface area contributed by atoms with Crippen molar-refractivity contribution in [2.45, 2.75) is 26.7 Å². The molecule has 1 saturated carbocycles. The third-order valence-electron chi connectivity index (χ3n) is 4.08. The summed E-state index contributed by atoms with van der Waals surface area (Å²) in [5.74, 6) is -4.44. The fourth-order valence-corrected chi connectivity index (χ4v) is 3.61. The van der Waals surface area contributed by atoms with E-state index in [4.69, 9.17) is 4.74 Å². The second kappa shape index (κ2) is 8.16. The number of ketones is 2. The lowest BCUT2D eigenvalue weighted by Gasteiger charge is -2.24. The number of nitrogens with zero attached hydrogens (tertiary/aromatic N) is 1. The van der Waals surface area contributed by atoms with Crippen LogP contribution in [-0.4, -0.2) is 39.4 Å². The normalized spacial score (nSPS) is 14.8. The number of allylic oxidation sites excluding steroid dienone is 1. The van der Waals surface area contributed by atoms with Crippen molar-refractivity contribution in [3.05, 3.63) is 41.2 Å². The van der Waals surface area contributed by atoms with Crippen LogP contribution in [0.1, 0.15) is 37.0 Å². The molecule has 1 aliphatic rings. The van der Waals surface area contributed by atoms with Crippen molar-refractivity contribution in [3.63, 3.8) is 0 Å². The first-order valence-electron chi connectivity index (χ1n) is 8.49. The van der Waals surface area contributed by atoms with Crippen LogP contribution in [0.5, 0.6) is 0 Å². The molecular formula is C18H21F2NO5S. The van der Waals surface area contributed by atoms with Crippen molar-refractivity contribution in [1.82, 2.24) is 0 Å². The van der Waals surface area contributed by atoms with E-state index in [9.17, 15) is 26.8 Å². The zero-order chi connectivity index (χ0) is 20.4. The lowest BCUT2D eigenvalue weighted by molar-refractivity contribution is -0.116. The fourth-order valence-electron chi connectivity index (χ4n) is 2.63. The van der Waals surface area contributed by atoms with Gasteiger partial charge in [0.15, 0.2) is 17.4 Å². The quantitative estimate of drug-likeness (QED) is 0.209. The van der Waals surface area contributed by atoms with Crippen molar-refractivity contribution < 1.29 is 31.5 Å². The van der Waals surface area contributed by atoms with E-state index in [0.29, 0.717) is 17.1 Å². The molecule has 9 heteroatoms. The van der Waals surface area contributed by atoms with Gasteiger partial charge in [-0.1, -0.05) is 0 Å². The number of hydrogen-bond donors (Lipinski definition) is 0. The number of ether oxygens (including phenoxy) is 1. The number of halogens is 2. The Labute approximate surface area is 156 Å². The third-order valence-corrected chi connectivity index (χ3v) is 5.32. The molecule has 148 valence electrons. The second-order valence-corrected chi connectivity index (χ2v) is 8.05. The van der Waals surface area contributed by atoms with E-state index in [1.54, 1.807) is 6.92 Å². The molecule has 6 nitrogen and oxygen atoms in total. The van der Waals surface area contributed by atoms with Crippen LogP contribution in [0.2, 0.25) is 0 Å². The van der Waals surface area contributed by atoms with E-state index >= 15 is 0 Å². The molecule has 0 N–H and O–H groups in total. The molecule has 27 heavy (non-hydrogen) atoms. The fraction of sp³-hybridized carbons (Fsp3) is 0.444. The minimum atomic E-state index is -3.99. The molecule has 0 unspecified atom stereocenters. The Morgan fingerprint density at radius 2 is 1.89 bits per heavy atom. The maximum absolute atomic E-state index is 14.5. The minimum absolute atomic E-state index is 0.198. The molecule has 1 aromatic rings. The highest BCUT2D eigenvalue weighted by Gasteiger charge is 2.37. The average Bonchev–Trinajstić information content (AvgIpc) is 3.43. The number of carbonyl (C=O) groups excluding carboxylic acids is 2. The average molecular weight is 401 g/mol. The lowest BCUT2D eigenvalue weighted by atomic mass is 9.97. The summed E-state index contributed by atoms with van der Waals surface area (Å²) in [5, 5.41) is 0. The molecule has 0 aromatic heterocycles. The van der Waals surface area contributed by atoms with Gasteiger partial charge in [0.05, 0.1) is 24.7 Å². The molecule has 1 fully saturated rings. The molecule has 1 aliphatic carbocycles. The molecule has 0 saturated heterocycles. The van der Waals surface area contributed by atoms with E-state index in [1.165, 1.54) is 6.92 Å². The smallest absolute Gasteiger partial charge is 0.232 e. The van der Waals surface area contributed by atoms with Crippen LogP contribution < -0.4 is 4.31 Å². The van der Waals surface area contributed by atoms with Crippen LogP contribution in [0.25, 0.3) is 0 Å². The van der Waals surface area contributed by atoms with Crippen LogP contribution in [0.15, 0.2) is 24.0 Å². The molecule has 0 atom stereocenters. The standard InChI is InChI=1S/C18H21F2NO5S/c1-4-21(27(3,24)25)16-12(8-9-14(19)15(16)20)18(23)13(10-26-5-2)17(22)11-6-7-11/h8-11H,4-7H2,1-3H3. The van der Waals surface area contributed by atoms with E-state index in [1.807, 2.05) is 0 Å². The number of rotatable bonds is 9. The molecule has 0 radical (unpaired) electrons. The summed E-state index contributed by atoms with van der Waals surface area (Å²) in [6.45, 7) is 3.06. The number of benzene rings is 1. The first-order chi connectivity index (χ1) is 12.6. The van der Waals surface area contributed by atoms with Gasteiger partial charge in [0.2, 0.25) is 15.8 Å². The summed E-state index contributed by atoms with van der Waals surface area (Å²) in [5.41, 5.74) is -1.44. The predicted molar refractivity (Wildman–Crippen MR) is 96.0 cm³/mol. The highest BCUT2D eigenvalue weighted by atomic mass is 32.2. The number of Topliss-reactive ketones (excluding diaryl/α,β-unsaturated/α-hetero) is 2. The zero-order valence-electron chi connectivity index (χ0n) is 15.3. The van der Waals surface area contributed by atoms with Crippen molar-refractivity contribution in [2.24, 2.45) is 5.92 Å². The van der Waals surface area contributed by atoms with Crippen molar-refractivity contribution >= 4 is 27.3 Å². The molecule has 0 heterocycles. The summed E-state index contributed by atoms with van der Waals surface area (Å²) in [6.07, 6.45) is 3.08. The van der Waals surface area contributed by atoms with Gasteiger partial charge < -0.3 is 4.74 Å². The van der Waals surface area contributed by atoms with Gasteiger partial charge in [-0.2, -0.15) is 0 Å². The first-order valence-corrected chi connectivity index (χ1v) is 10.3. The van der Waals surface area contributed by atoms with Crippen LogP contribution in [0, 0.1) is 17.6 Å². The van der Waals surface area contributed by atoms with Crippen LogP contribution in [0.4, 0.5) is 14.5 Å². The molecule has 1 aromatic carbocycles. The van der Waals surface area contributed by atoms with Crippen LogP contribution in [-0.2, 0) is 19.6 Å². The Kier molecular flexibility index (Phi) is 6.35. The molecular weight excluding hydrogens is 380 g/mol. The van der Waals surface area contributed by atoms with Gasteiger partial charge in [-0.3, -0.25) is 13.9 Å². The molecule has 2 rings (SSSR count). The Balaban J connectivity index is 2.64. The molecule has 0 spiro atoms. The van der Waals surface area contributed by atoms with Gasteiger partial charge in [-0.15, -0.1) is 0 Å². The second-order valence-electron chi connectivity index (χ2n) is 6.14. The first kappa shape index (κ1) is 21.0. The maximum atomic E-state index is 14.5. The number of carbonyl (C=O) groups is 2. The topological polar surface area (TPSA) is 80.8 Å². The van der Waals surface area contributed by atoms with Gasteiger partial charge in [0.1, 0.15) is 11.3 Å². The van der Waals surface area contributed by atoms with Crippen LogP contribution >= 0.6 is 0 Å². The van der Waals surface area contributed by atoms with E-state index in [2.05, 4.69) is 0 Å². The predicted octanol–water partition coefficient (Wildman–Crippen LogP) is 2.83. The molecule has 0 bridgehead atoms. The third kappa shape index (κ3) is 4.52. The summed E-state index contributed by atoms with van der Waals surface area (Å²) in [7, 11) is -3.99. The van der Waals surface area contributed by atoms with Gasteiger partial charge in [-0.25, -0.2) is 17.2 Å². The Morgan fingerprint density at radius 1 is 1.26 bits per heavy atom. The summed E-state index contributed by atoms with van der Waals surface area (Å²) < 4.78 is 58.0. The van der Waals surface area contributed by atoms with E-state index in [-0.39, 0.29) is 24.6 Å². The monoisotopic (exact) mass is 401 g/mol. The largest absolute Gasteiger partial charge is 0.501 e. The van der Waals surface area contributed by atoms with Gasteiger partial charge in [0, 0.05) is 12.5 Å². The van der Waals surface area contributed by atoms with E-state index < -0.39 is 44.5 Å². The Morgan fingerprint density at radius 3 is 2.37 bits per heavy atom. The molecule has 0 amide bonds. The maximum Gasteiger partial charge on any atom is 0.232 e. The van der Waals surface area contributed by atoms with Crippen molar-refractivity contribution in [1.29, 1.82) is 0 Å². The van der Waals surface area contributed by atoms with Gasteiger partial charge >= 0.3 is 0 Å². The highest BCUT2D eigenvalue weighted by Crippen LogP contribution is 2.35. The minimum Gasteiger partial charge on any atom is -0.501 e. The highest BCUT2D eigenvalue weighted by molar-refractivity contribution is 7.92. The number of sulfonamides is 1. The van der Waals surface area contributed by atoms with E-state index in [0.717, 1.165) is 24.7 Å². The van der Waals surface area contributed by atoms with Gasteiger partial charge in [-0.05, 0) is 38.8 Å². The number of anilines is 1. The zero-order valence-corrected chi connectivity index (χ0v) is 16.1. The molecule has 0 aliphatic heterocycles. The van der Waals surface area contributed by atoms with Crippen molar-refractivity contribution in [2.75, 3.05) is 23.7 Å². The van der Waals surface area contributed by atoms with Crippen molar-refractivity contribution in [3.8, 4) is 0 Å². The summed E-state index contributed by atoms with van der Waals surface area (Å²) >= 11 is 0. The number of hydrogen-bond acceptors (Lipinski definition) is 5.